The molecule has 102 valence electrons. The zero-order chi connectivity index (χ0) is 14.4. The highest BCUT2D eigenvalue weighted by molar-refractivity contribution is 5.96. The number of hydrogen-bond donors (Lipinski definition) is 0. The molecule has 3 heteroatoms. The molecule has 0 aromatic heterocycles. The molecule has 0 fully saturated rings. The van der Waals surface area contributed by atoms with Gasteiger partial charge in [0.25, 0.3) is 0 Å². The maximum atomic E-state index is 11.8. The van der Waals surface area contributed by atoms with Gasteiger partial charge in [-0.2, -0.15) is 0 Å². The number of ketones is 1. The predicted molar refractivity (Wildman–Crippen MR) is 77.1 cm³/mol. The summed E-state index contributed by atoms with van der Waals surface area (Å²) >= 11 is 0. The van der Waals surface area contributed by atoms with Crippen LogP contribution in [0.4, 0.5) is 0 Å². The first-order valence-corrected chi connectivity index (χ1v) is 6.61. The van der Waals surface area contributed by atoms with Gasteiger partial charge in [0.1, 0.15) is 5.75 Å². The van der Waals surface area contributed by atoms with Crippen LogP contribution in [0.5, 0.6) is 5.75 Å². The number of hydrogen-bond acceptors (Lipinski definition) is 3. The largest absolute Gasteiger partial charge is 0.423 e. The molecule has 0 aliphatic rings. The van der Waals surface area contributed by atoms with Crippen molar-refractivity contribution in [2.24, 2.45) is 0 Å². The minimum Gasteiger partial charge on any atom is -0.423 e. The first kappa shape index (κ1) is 14.0. The van der Waals surface area contributed by atoms with Gasteiger partial charge in [-0.1, -0.05) is 25.1 Å². The number of esters is 1. The number of benzene rings is 2. The van der Waals surface area contributed by atoms with E-state index in [0.717, 1.165) is 6.42 Å². The monoisotopic (exact) mass is 268 g/mol. The van der Waals surface area contributed by atoms with E-state index in [1.807, 2.05) is 13.0 Å². The Morgan fingerprint density at radius 3 is 2.15 bits per heavy atom. The normalized spacial score (nSPS) is 10.1. The zero-order valence-electron chi connectivity index (χ0n) is 11.3. The Hall–Kier alpha value is -2.42. The maximum Gasteiger partial charge on any atom is 0.343 e. The third kappa shape index (κ3) is 3.54. The molecule has 0 aliphatic heterocycles. The molecule has 0 heterocycles. The standard InChI is InChI=1S/C17H16O3/c1-2-6-16(18)13-9-11-15(12-10-13)20-17(19)14-7-4-3-5-8-14/h3-5,7-12H,2,6H2,1H3. The number of ether oxygens (including phenoxy) is 1. The van der Waals surface area contributed by atoms with Gasteiger partial charge in [0.05, 0.1) is 5.56 Å². The fourth-order valence-corrected chi connectivity index (χ4v) is 1.82. The van der Waals surface area contributed by atoms with Crippen LogP contribution in [0.1, 0.15) is 40.5 Å². The summed E-state index contributed by atoms with van der Waals surface area (Å²) in [6, 6.07) is 15.4. The van der Waals surface area contributed by atoms with Crippen molar-refractivity contribution in [3.05, 3.63) is 65.7 Å². The minimum absolute atomic E-state index is 0.105. The summed E-state index contributed by atoms with van der Waals surface area (Å²) in [4.78, 5) is 23.5. The number of rotatable bonds is 5. The molecule has 0 aliphatic carbocycles. The van der Waals surface area contributed by atoms with Crippen molar-refractivity contribution < 1.29 is 14.3 Å². The summed E-state index contributed by atoms with van der Waals surface area (Å²) < 4.78 is 5.24. The van der Waals surface area contributed by atoms with Crippen molar-refractivity contribution >= 4 is 11.8 Å². The molecule has 0 saturated heterocycles. The highest BCUT2D eigenvalue weighted by Crippen LogP contribution is 2.15. The van der Waals surface area contributed by atoms with Crippen LogP contribution in [0, 0.1) is 0 Å². The molecule has 0 unspecified atom stereocenters. The van der Waals surface area contributed by atoms with E-state index in [1.54, 1.807) is 48.5 Å². The van der Waals surface area contributed by atoms with Gasteiger partial charge in [0, 0.05) is 12.0 Å². The van der Waals surface area contributed by atoms with Crippen LogP contribution >= 0.6 is 0 Å². The van der Waals surface area contributed by atoms with Crippen molar-refractivity contribution in [3.8, 4) is 5.75 Å². The average molecular weight is 268 g/mol. The smallest absolute Gasteiger partial charge is 0.343 e. The van der Waals surface area contributed by atoms with Gasteiger partial charge in [-0.3, -0.25) is 4.79 Å². The number of carbonyl (C=O) groups is 2. The van der Waals surface area contributed by atoms with E-state index in [9.17, 15) is 9.59 Å². The molecule has 0 amide bonds. The number of Topliss-reactive ketones (excluding diaryl/α,β-unsaturated/α-hetero) is 1. The number of carbonyl (C=O) groups excluding carboxylic acids is 2. The van der Waals surface area contributed by atoms with Gasteiger partial charge in [0.2, 0.25) is 0 Å². The molecule has 0 atom stereocenters. The van der Waals surface area contributed by atoms with Gasteiger partial charge in [-0.05, 0) is 42.8 Å². The predicted octanol–water partition coefficient (Wildman–Crippen LogP) is 3.89. The van der Waals surface area contributed by atoms with Gasteiger partial charge < -0.3 is 4.74 Å². The highest BCUT2D eigenvalue weighted by atomic mass is 16.5. The van der Waals surface area contributed by atoms with Crippen LogP contribution < -0.4 is 4.74 Å². The lowest BCUT2D eigenvalue weighted by Gasteiger charge is -2.05. The second kappa shape index (κ2) is 6.66. The minimum atomic E-state index is -0.404. The molecule has 2 aromatic rings. The Balaban J connectivity index is 2.04. The summed E-state index contributed by atoms with van der Waals surface area (Å²) in [6.45, 7) is 1.97. The Labute approximate surface area is 118 Å². The van der Waals surface area contributed by atoms with Crippen LogP contribution in [-0.2, 0) is 0 Å². The fourth-order valence-electron chi connectivity index (χ4n) is 1.82. The molecule has 0 spiro atoms. The van der Waals surface area contributed by atoms with Crippen molar-refractivity contribution in [3.63, 3.8) is 0 Å². The SMILES string of the molecule is CCCC(=O)c1ccc(OC(=O)c2ccccc2)cc1. The van der Waals surface area contributed by atoms with Gasteiger partial charge in [-0.15, -0.1) is 0 Å². The van der Waals surface area contributed by atoms with E-state index in [-0.39, 0.29) is 5.78 Å². The van der Waals surface area contributed by atoms with Crippen LogP contribution in [0.15, 0.2) is 54.6 Å². The molecule has 0 radical (unpaired) electrons. The maximum absolute atomic E-state index is 11.8. The summed E-state index contributed by atoms with van der Waals surface area (Å²) in [7, 11) is 0. The average Bonchev–Trinajstić information content (AvgIpc) is 2.49. The topological polar surface area (TPSA) is 43.4 Å². The molecular formula is C17H16O3. The van der Waals surface area contributed by atoms with E-state index in [4.69, 9.17) is 4.74 Å². The Morgan fingerprint density at radius 1 is 0.900 bits per heavy atom. The van der Waals surface area contributed by atoms with E-state index < -0.39 is 5.97 Å². The summed E-state index contributed by atoms with van der Waals surface area (Å²) in [5, 5.41) is 0. The van der Waals surface area contributed by atoms with Crippen LogP contribution in [0.3, 0.4) is 0 Å². The Kier molecular flexibility index (Phi) is 4.66. The van der Waals surface area contributed by atoms with Crippen LogP contribution in [-0.4, -0.2) is 11.8 Å². The molecule has 3 nitrogen and oxygen atoms in total. The van der Waals surface area contributed by atoms with E-state index in [2.05, 4.69) is 0 Å². The summed E-state index contributed by atoms with van der Waals surface area (Å²) in [5.41, 5.74) is 1.14. The summed E-state index contributed by atoms with van der Waals surface area (Å²) in [6.07, 6.45) is 1.35. The van der Waals surface area contributed by atoms with Crippen molar-refractivity contribution in [2.45, 2.75) is 19.8 Å². The molecular weight excluding hydrogens is 252 g/mol. The second-order valence-electron chi connectivity index (χ2n) is 4.45. The van der Waals surface area contributed by atoms with Crippen LogP contribution in [0.2, 0.25) is 0 Å². The molecule has 0 saturated carbocycles. The molecule has 2 rings (SSSR count). The zero-order valence-corrected chi connectivity index (χ0v) is 11.3. The third-order valence-corrected chi connectivity index (χ3v) is 2.87. The Morgan fingerprint density at radius 2 is 1.55 bits per heavy atom. The first-order chi connectivity index (χ1) is 9.70. The summed E-state index contributed by atoms with van der Waals surface area (Å²) in [5.74, 6) is 0.138. The van der Waals surface area contributed by atoms with Crippen molar-refractivity contribution in [1.82, 2.24) is 0 Å². The quantitative estimate of drug-likeness (QED) is 0.469. The molecule has 20 heavy (non-hydrogen) atoms. The second-order valence-corrected chi connectivity index (χ2v) is 4.45. The van der Waals surface area contributed by atoms with Crippen molar-refractivity contribution in [1.29, 1.82) is 0 Å². The van der Waals surface area contributed by atoms with Crippen LogP contribution in [0.25, 0.3) is 0 Å². The lowest BCUT2D eigenvalue weighted by molar-refractivity contribution is 0.0734. The molecule has 2 aromatic carbocycles. The van der Waals surface area contributed by atoms with E-state index >= 15 is 0 Å². The van der Waals surface area contributed by atoms with Gasteiger partial charge >= 0.3 is 5.97 Å². The lowest BCUT2D eigenvalue weighted by Crippen LogP contribution is -2.08. The van der Waals surface area contributed by atoms with Crippen molar-refractivity contribution in [2.75, 3.05) is 0 Å². The van der Waals surface area contributed by atoms with Gasteiger partial charge in [0.15, 0.2) is 5.78 Å². The highest BCUT2D eigenvalue weighted by Gasteiger charge is 2.09. The first-order valence-electron chi connectivity index (χ1n) is 6.61. The molecule has 0 bridgehead atoms. The molecule has 0 N–H and O–H groups in total. The van der Waals surface area contributed by atoms with E-state index in [0.29, 0.717) is 23.3 Å². The third-order valence-electron chi connectivity index (χ3n) is 2.87. The lowest BCUT2D eigenvalue weighted by atomic mass is 10.1. The van der Waals surface area contributed by atoms with E-state index in [1.165, 1.54) is 0 Å². The van der Waals surface area contributed by atoms with Gasteiger partial charge in [-0.25, -0.2) is 4.79 Å². The Bertz CT molecular complexity index is 585. The fraction of sp³-hybridized carbons (Fsp3) is 0.176.